The summed E-state index contributed by atoms with van der Waals surface area (Å²) in [6, 6.07) is 17.3. The molecule has 1 N–H and O–H groups in total. The minimum atomic E-state index is -4.13. The highest BCUT2D eigenvalue weighted by atomic mass is 35.5. The van der Waals surface area contributed by atoms with E-state index in [-0.39, 0.29) is 47.7 Å². The number of aryl methyl sites for hydroxylation is 1. The van der Waals surface area contributed by atoms with Crippen molar-refractivity contribution in [3.63, 3.8) is 0 Å². The van der Waals surface area contributed by atoms with E-state index < -0.39 is 16.1 Å². The van der Waals surface area contributed by atoms with E-state index in [4.69, 9.17) is 21.1 Å². The number of carbonyl (C=O) groups is 2. The van der Waals surface area contributed by atoms with Crippen molar-refractivity contribution in [1.29, 1.82) is 0 Å². The predicted molar refractivity (Wildman–Crippen MR) is 156 cm³/mol. The Morgan fingerprint density at radius 1 is 1.02 bits per heavy atom. The number of nitrogens with one attached hydrogen (secondary N) is 1. The van der Waals surface area contributed by atoms with Gasteiger partial charge in [0.25, 0.3) is 15.9 Å². The maximum Gasteiger partial charge on any atom is 0.421 e. The Hall–Kier alpha value is -3.67. The van der Waals surface area contributed by atoms with Gasteiger partial charge in [0.1, 0.15) is 18.2 Å². The molecule has 3 aromatic carbocycles. The van der Waals surface area contributed by atoms with Gasteiger partial charge in [0.2, 0.25) is 0 Å². The van der Waals surface area contributed by atoms with Crippen molar-refractivity contribution in [2.75, 3.05) is 19.7 Å². The fourth-order valence-corrected chi connectivity index (χ4v) is 6.14. The molecule has 1 heterocycles. The molecule has 0 aliphatic carbocycles. The lowest BCUT2D eigenvalue weighted by Crippen LogP contribution is -2.58. The van der Waals surface area contributed by atoms with Crippen LogP contribution in [-0.2, 0) is 32.7 Å². The van der Waals surface area contributed by atoms with Crippen LogP contribution < -0.4 is 9.46 Å². The van der Waals surface area contributed by atoms with E-state index in [1.54, 1.807) is 54.3 Å². The molecule has 0 spiro atoms. The molecule has 1 saturated heterocycles. The molecule has 224 valence electrons. The van der Waals surface area contributed by atoms with Crippen molar-refractivity contribution < 1.29 is 31.9 Å². The molecule has 2 atom stereocenters. The van der Waals surface area contributed by atoms with Gasteiger partial charge in [0.05, 0.1) is 4.90 Å². The van der Waals surface area contributed by atoms with Crippen molar-refractivity contribution in [3.05, 3.63) is 94.3 Å². The van der Waals surface area contributed by atoms with Gasteiger partial charge in [-0.2, -0.15) is 0 Å². The Kier molecular flexibility index (Phi) is 10.1. The second kappa shape index (κ2) is 13.5. The Bertz CT molecular complexity index is 1540. The number of piperazine rings is 1. The van der Waals surface area contributed by atoms with Crippen LogP contribution in [0.4, 0.5) is 9.18 Å². The summed E-state index contributed by atoms with van der Waals surface area (Å²) in [5.41, 5.74) is 1.84. The van der Waals surface area contributed by atoms with Crippen LogP contribution in [-0.4, -0.2) is 62.0 Å². The van der Waals surface area contributed by atoms with Gasteiger partial charge in [-0.15, -0.1) is 0 Å². The predicted octanol–water partition coefficient (Wildman–Crippen LogP) is 4.90. The monoisotopic (exact) mass is 617 g/mol. The van der Waals surface area contributed by atoms with Crippen LogP contribution in [0.5, 0.6) is 5.75 Å². The number of hydrogen-bond acceptors (Lipinski definition) is 7. The van der Waals surface area contributed by atoms with E-state index in [0.29, 0.717) is 35.8 Å². The third-order valence-electron chi connectivity index (χ3n) is 7.07. The number of ether oxygens (including phenoxy) is 2. The third kappa shape index (κ3) is 7.99. The largest absolute Gasteiger partial charge is 0.483 e. The Morgan fingerprint density at radius 2 is 1.74 bits per heavy atom. The maximum absolute atomic E-state index is 13.3. The lowest BCUT2D eigenvalue weighted by molar-refractivity contribution is -0.139. The first kappa shape index (κ1) is 31.3. The summed E-state index contributed by atoms with van der Waals surface area (Å²) >= 11 is 6.13. The zero-order valence-electron chi connectivity index (χ0n) is 23.5. The average molecular weight is 618 g/mol. The van der Waals surface area contributed by atoms with E-state index >= 15 is 0 Å². The van der Waals surface area contributed by atoms with Crippen LogP contribution in [0, 0.1) is 12.7 Å². The van der Waals surface area contributed by atoms with Crippen molar-refractivity contribution in [3.8, 4) is 5.75 Å². The van der Waals surface area contributed by atoms with E-state index in [2.05, 4.69) is 4.90 Å². The number of sulfonamides is 1. The molecule has 0 radical (unpaired) electrons. The van der Waals surface area contributed by atoms with Crippen LogP contribution in [0.1, 0.15) is 30.5 Å². The average Bonchev–Trinajstić information content (AvgIpc) is 2.94. The molecular weight excluding hydrogens is 585 g/mol. The summed E-state index contributed by atoms with van der Waals surface area (Å²) in [5.74, 6) is -0.210. The molecule has 0 unspecified atom stereocenters. The lowest BCUT2D eigenvalue weighted by atomic mass is 10.1. The summed E-state index contributed by atoms with van der Waals surface area (Å²) in [5, 5.41) is 0.347. The van der Waals surface area contributed by atoms with E-state index in [1.165, 1.54) is 24.3 Å². The van der Waals surface area contributed by atoms with Gasteiger partial charge in [-0.05, 0) is 68.3 Å². The van der Waals surface area contributed by atoms with Crippen molar-refractivity contribution >= 4 is 33.6 Å². The topological polar surface area (TPSA) is 105 Å². The summed E-state index contributed by atoms with van der Waals surface area (Å²) in [4.78, 5) is 29.5. The van der Waals surface area contributed by atoms with E-state index in [9.17, 15) is 22.4 Å². The molecule has 2 amide bonds. The molecule has 42 heavy (non-hydrogen) atoms. The molecule has 1 aliphatic heterocycles. The molecule has 1 fully saturated rings. The fraction of sp³-hybridized carbons (Fsp3) is 0.333. The quantitative estimate of drug-likeness (QED) is 0.364. The first-order chi connectivity index (χ1) is 19.9. The number of halogens is 2. The smallest absolute Gasteiger partial charge is 0.421 e. The van der Waals surface area contributed by atoms with Gasteiger partial charge in [0.15, 0.2) is 6.61 Å². The Morgan fingerprint density at radius 3 is 2.45 bits per heavy atom. The fourth-order valence-electron chi connectivity index (χ4n) is 4.81. The van der Waals surface area contributed by atoms with Crippen LogP contribution in [0.3, 0.4) is 0 Å². The molecule has 4 rings (SSSR count). The van der Waals surface area contributed by atoms with Crippen molar-refractivity contribution in [2.45, 2.75) is 50.9 Å². The minimum absolute atomic E-state index is 0.0351. The van der Waals surface area contributed by atoms with Crippen LogP contribution in [0.2, 0.25) is 5.02 Å². The molecule has 9 nitrogen and oxygen atoms in total. The Labute approximate surface area is 250 Å². The van der Waals surface area contributed by atoms with Crippen LogP contribution in [0.15, 0.2) is 71.6 Å². The highest BCUT2D eigenvalue weighted by molar-refractivity contribution is 7.90. The molecule has 0 saturated carbocycles. The Balaban J connectivity index is 1.33. The van der Waals surface area contributed by atoms with E-state index in [1.807, 2.05) is 18.6 Å². The maximum atomic E-state index is 13.3. The number of amides is 2. The van der Waals surface area contributed by atoms with Crippen LogP contribution in [0.25, 0.3) is 0 Å². The third-order valence-corrected chi connectivity index (χ3v) is 8.78. The van der Waals surface area contributed by atoms with Crippen molar-refractivity contribution in [1.82, 2.24) is 14.5 Å². The van der Waals surface area contributed by atoms with Crippen molar-refractivity contribution in [2.24, 2.45) is 0 Å². The number of benzene rings is 3. The summed E-state index contributed by atoms with van der Waals surface area (Å²) < 4.78 is 51.3. The molecule has 3 aromatic rings. The second-order valence-corrected chi connectivity index (χ2v) is 12.4. The highest BCUT2D eigenvalue weighted by Crippen LogP contribution is 2.25. The standard InChI is InChI=1S/C30H33ClFN3O6S/c1-20-6-4-5-7-28(20)42(38,39)33-30(37)41-18-24-14-25(31)10-13-27(24)40-19-29(36)35-16-21(2)34(15-22(35)3)17-23-8-11-26(32)12-9-23/h4-14,21-22H,15-19H2,1-3H3,(H,33,37)/t21-,22+/m0/s1. The number of nitrogens with zero attached hydrogens (tertiary/aromatic N) is 2. The second-order valence-electron chi connectivity index (χ2n) is 10.3. The molecule has 0 aromatic heterocycles. The van der Waals surface area contributed by atoms with Crippen LogP contribution >= 0.6 is 11.6 Å². The van der Waals surface area contributed by atoms with Gasteiger partial charge in [-0.25, -0.2) is 22.3 Å². The molecular formula is C30H33ClFN3O6S. The molecule has 12 heteroatoms. The van der Waals surface area contributed by atoms with Gasteiger partial charge >= 0.3 is 6.09 Å². The molecule has 0 bridgehead atoms. The normalized spacial score (nSPS) is 17.5. The van der Waals surface area contributed by atoms with Gasteiger partial charge < -0.3 is 14.4 Å². The van der Waals surface area contributed by atoms with E-state index in [0.717, 1.165) is 5.56 Å². The van der Waals surface area contributed by atoms with Gasteiger partial charge in [0, 0.05) is 42.3 Å². The zero-order chi connectivity index (χ0) is 30.4. The number of rotatable bonds is 9. The number of hydrogen-bond donors (Lipinski definition) is 1. The molecule has 1 aliphatic rings. The van der Waals surface area contributed by atoms with Gasteiger partial charge in [-0.3, -0.25) is 9.69 Å². The summed E-state index contributed by atoms with van der Waals surface area (Å²) in [6.07, 6.45) is -1.17. The summed E-state index contributed by atoms with van der Waals surface area (Å²) in [7, 11) is -4.13. The highest BCUT2D eigenvalue weighted by Gasteiger charge is 2.32. The first-order valence-electron chi connectivity index (χ1n) is 13.4. The van der Waals surface area contributed by atoms with Gasteiger partial charge in [-0.1, -0.05) is 41.9 Å². The summed E-state index contributed by atoms with van der Waals surface area (Å²) in [6.45, 7) is 6.82. The number of carbonyl (C=O) groups excluding carboxylic acids is 2. The first-order valence-corrected chi connectivity index (χ1v) is 15.2. The minimum Gasteiger partial charge on any atom is -0.483 e. The lowest BCUT2D eigenvalue weighted by Gasteiger charge is -2.44. The zero-order valence-corrected chi connectivity index (χ0v) is 25.1. The SMILES string of the molecule is Cc1ccccc1S(=O)(=O)NC(=O)OCc1cc(Cl)ccc1OCC(=O)N1C[C@H](C)N(Cc2ccc(F)cc2)C[C@H]1C.